The fourth-order valence-electron chi connectivity index (χ4n) is 23.8. The Morgan fingerprint density at radius 3 is 1.29 bits per heavy atom. The molecule has 5 aliphatic carbocycles. The Morgan fingerprint density at radius 1 is 0.400 bits per heavy atom. The monoisotopic (exact) mass is 1020 g/mol. The summed E-state index contributed by atoms with van der Waals surface area (Å²) in [4.78, 5) is 85.6. The molecule has 0 radical (unpaired) electrons. The lowest BCUT2D eigenvalue weighted by Gasteiger charge is -2.43. The van der Waals surface area contributed by atoms with Crippen molar-refractivity contribution in [1.82, 2.24) is 24.5 Å². The van der Waals surface area contributed by atoms with Crippen LogP contribution in [0.25, 0.3) is 0 Å². The summed E-state index contributed by atoms with van der Waals surface area (Å²) >= 11 is 0. The summed E-state index contributed by atoms with van der Waals surface area (Å²) in [5, 5.41) is 0. The van der Waals surface area contributed by atoms with Gasteiger partial charge in [0.1, 0.15) is 0 Å². The molecule has 75 heavy (non-hydrogen) atoms. The van der Waals surface area contributed by atoms with Crippen LogP contribution in [0.3, 0.4) is 0 Å². The molecule has 15 aliphatic heterocycles. The molecule has 4 saturated carbocycles. The molecule has 20 aliphatic rings. The van der Waals surface area contributed by atoms with E-state index in [0.29, 0.717) is 32.1 Å². The van der Waals surface area contributed by atoms with Crippen LogP contribution in [0.2, 0.25) is 0 Å². The largest absolute Gasteiger partial charge is 0.450 e. The fraction of sp³-hybridized carbons (Fsp3) is 0.717. The fourth-order valence-corrected chi connectivity index (χ4v) is 23.8. The number of rotatable bonds is 4. The average molecular weight is 1020 g/mol. The quantitative estimate of drug-likeness (QED) is 0.289. The van der Waals surface area contributed by atoms with Crippen molar-refractivity contribution in [3.63, 3.8) is 0 Å². The van der Waals surface area contributed by atoms with Crippen LogP contribution in [-0.4, -0.2) is 175 Å². The molecule has 0 aromatic carbocycles. The van der Waals surface area contributed by atoms with Gasteiger partial charge in [-0.25, -0.2) is 24.0 Å². The van der Waals surface area contributed by atoms with Gasteiger partial charge in [0.05, 0.1) is 30.2 Å². The van der Waals surface area contributed by atoms with E-state index in [0.717, 1.165) is 162 Å². The van der Waals surface area contributed by atoms with Gasteiger partial charge in [-0.1, -0.05) is 6.08 Å². The molecule has 14 fully saturated rings. The molecule has 10 bridgehead atoms. The van der Waals surface area contributed by atoms with E-state index in [9.17, 15) is 9.59 Å². The molecule has 19 atom stereocenters. The highest BCUT2D eigenvalue weighted by Gasteiger charge is 2.75. The first-order valence-corrected chi connectivity index (χ1v) is 29.8. The molecule has 0 unspecified atom stereocenters. The Bertz CT molecular complexity index is 3120. The van der Waals surface area contributed by atoms with Gasteiger partial charge in [-0.15, -0.1) is 0 Å². The van der Waals surface area contributed by atoms with Crippen molar-refractivity contribution in [2.45, 2.75) is 210 Å². The maximum absolute atomic E-state index is 15.8. The number of carbonyl (C=O) groups is 5. The first kappa shape index (κ1) is 42.6. The molecule has 5 spiro atoms. The Balaban J connectivity index is 0.757. The number of hydrogen-bond donors (Lipinski definition) is 0. The van der Waals surface area contributed by atoms with Crippen molar-refractivity contribution >= 4 is 29.8 Å². The summed E-state index contributed by atoms with van der Waals surface area (Å²) < 4.78 is 33.8. The number of nitrogens with zero attached hydrogens (tertiary/aromatic N) is 5. The molecular formula is C60H65N5O10. The zero-order valence-corrected chi connectivity index (χ0v) is 42.6. The second-order valence-corrected chi connectivity index (χ2v) is 27.6. The number of carbonyl (C=O) groups excluding carboxylic acids is 5. The number of hydrogen-bond acceptors (Lipinski definition) is 15. The second-order valence-electron chi connectivity index (χ2n) is 27.6. The minimum absolute atomic E-state index is 0.0271. The maximum Gasteiger partial charge on any atom is 0.335 e. The first-order chi connectivity index (χ1) is 36.5. The van der Waals surface area contributed by atoms with Crippen LogP contribution < -0.4 is 0 Å². The summed E-state index contributed by atoms with van der Waals surface area (Å²) in [5.41, 5.74) is 6.21. The molecule has 15 nitrogen and oxygen atoms in total. The highest BCUT2D eigenvalue weighted by atomic mass is 16.6. The molecule has 10 saturated heterocycles. The van der Waals surface area contributed by atoms with Gasteiger partial charge in [-0.2, -0.15) is 0 Å². The van der Waals surface area contributed by atoms with Crippen molar-refractivity contribution in [2.24, 2.45) is 23.7 Å². The zero-order valence-electron chi connectivity index (χ0n) is 42.6. The zero-order chi connectivity index (χ0) is 49.2. The lowest BCUT2D eigenvalue weighted by atomic mass is 9.61. The summed E-state index contributed by atoms with van der Waals surface area (Å²) in [7, 11) is 0. The van der Waals surface area contributed by atoms with E-state index in [-0.39, 0.29) is 114 Å². The van der Waals surface area contributed by atoms with Crippen molar-refractivity contribution in [2.75, 3.05) is 32.7 Å². The molecule has 15 heteroatoms. The molecule has 0 aromatic rings. The summed E-state index contributed by atoms with van der Waals surface area (Å²) in [6.45, 7) is 4.77. The third-order valence-electron chi connectivity index (χ3n) is 25.7. The van der Waals surface area contributed by atoms with Crippen LogP contribution in [0, 0.1) is 23.7 Å². The molecule has 15 heterocycles. The Labute approximate surface area is 435 Å². The summed E-state index contributed by atoms with van der Waals surface area (Å²) in [5.74, 6) is -1.31. The normalized spacial score (nSPS) is 52.8. The van der Waals surface area contributed by atoms with Gasteiger partial charge in [0.2, 0.25) is 0 Å². The minimum Gasteiger partial charge on any atom is -0.450 e. The molecule has 0 N–H and O–H groups in total. The van der Waals surface area contributed by atoms with Crippen LogP contribution in [0.1, 0.15) is 122 Å². The minimum atomic E-state index is -0.753. The SMILES string of the molecule is O=C1C=C2C[C@H](C3=C4C[C@H](C5=C[C@@H]6C[C@@]7(OC(=O)C([C@H]8CC9=C([C@H]%10CC%11=CC(=O)O[C@@]%11%12C[C@@H]%10N%10CCC[C@@H]%10%12)C(=O)O[C@@]9%10C[C@@H]8N8CCC[C@@H]8%10)=C57)[C@H]5CCCN65)[C@@H]5C[C@@]4(OC3=O)[C@H]3CCCN53)[C@@H]3C[C@@]2(O1)[C@H]1CCCN31. The van der Waals surface area contributed by atoms with Crippen molar-refractivity contribution in [1.29, 1.82) is 0 Å². The molecule has 390 valence electrons. The van der Waals surface area contributed by atoms with Crippen molar-refractivity contribution < 1.29 is 47.7 Å². The van der Waals surface area contributed by atoms with Crippen molar-refractivity contribution in [3.05, 3.63) is 68.4 Å². The topological polar surface area (TPSA) is 148 Å². The van der Waals surface area contributed by atoms with Crippen LogP contribution >= 0.6 is 0 Å². The highest BCUT2D eigenvalue weighted by Crippen LogP contribution is 2.69. The standard InChI is InChI=1S/C60H65N5O10/c66-47-18-28-16-33(39-24-56(28,71-47)42-6-2-13-63(39)42)49-36-21-31(38-26-58(36,73-53(49)68)44-8-4-12-62(38)44)32-20-30-23-60(46-10-1-11-61(30)46)52(32)51(55(70)75-60)35-22-37-50(54(69)74-59(37)27-41(35)65-15-5-9-45(59)65)34-17-29-19-48(67)72-57(29)25-40(34)64-14-3-7-43(57)64/h18-20,30-31,33-35,38-46H,1-17,21-27H2/t30-,31-,33+,34+,35+,38+,39+,40+,41+,42-,43-,44-,45-,46-,56+,57+,58+,59+,60-/m1/s1. The Hall–Kier alpha value is -4.41. The van der Waals surface area contributed by atoms with Crippen LogP contribution in [0.4, 0.5) is 0 Å². The van der Waals surface area contributed by atoms with Gasteiger partial charge < -0.3 is 23.7 Å². The lowest BCUT2D eigenvalue weighted by molar-refractivity contribution is -0.151. The van der Waals surface area contributed by atoms with E-state index in [2.05, 4.69) is 30.6 Å². The number of esters is 5. The van der Waals surface area contributed by atoms with Gasteiger partial charge in [0.15, 0.2) is 28.0 Å². The molecule has 20 rings (SSSR count). The summed E-state index contributed by atoms with van der Waals surface area (Å²) in [6, 6.07) is 1.12. The van der Waals surface area contributed by atoms with Crippen LogP contribution in [0.5, 0.6) is 0 Å². The predicted octanol–water partition coefficient (Wildman–Crippen LogP) is 4.41. The third kappa shape index (κ3) is 4.58. The predicted molar refractivity (Wildman–Crippen MR) is 263 cm³/mol. The van der Waals surface area contributed by atoms with Gasteiger partial charge in [0, 0.05) is 120 Å². The third-order valence-corrected chi connectivity index (χ3v) is 25.7. The Morgan fingerprint density at radius 2 is 0.787 bits per heavy atom. The van der Waals surface area contributed by atoms with Gasteiger partial charge in [-0.3, -0.25) is 24.5 Å². The first-order valence-electron chi connectivity index (χ1n) is 29.8. The second kappa shape index (κ2) is 13.4. The molecule has 0 aromatic heterocycles. The van der Waals surface area contributed by atoms with E-state index >= 15 is 14.4 Å². The number of fused-ring (bicyclic) bond motifs is 15. The van der Waals surface area contributed by atoms with Gasteiger partial charge in [-0.05, 0) is 150 Å². The van der Waals surface area contributed by atoms with Crippen LogP contribution in [0.15, 0.2) is 68.4 Å². The van der Waals surface area contributed by atoms with E-state index in [4.69, 9.17) is 23.7 Å². The lowest BCUT2D eigenvalue weighted by Crippen LogP contribution is -2.47. The van der Waals surface area contributed by atoms with E-state index < -0.39 is 28.0 Å². The van der Waals surface area contributed by atoms with Crippen molar-refractivity contribution in [3.8, 4) is 0 Å². The smallest absolute Gasteiger partial charge is 0.335 e. The average Bonchev–Trinajstić information content (AvgIpc) is 4.35. The Kier molecular flexibility index (Phi) is 7.58. The van der Waals surface area contributed by atoms with Crippen LogP contribution in [-0.2, 0) is 47.7 Å². The van der Waals surface area contributed by atoms with E-state index in [1.165, 1.54) is 11.1 Å². The maximum atomic E-state index is 15.8. The van der Waals surface area contributed by atoms with E-state index in [1.54, 1.807) is 12.2 Å². The van der Waals surface area contributed by atoms with Gasteiger partial charge >= 0.3 is 29.8 Å². The molecule has 0 amide bonds. The highest BCUT2D eigenvalue weighted by molar-refractivity contribution is 5.99. The van der Waals surface area contributed by atoms with E-state index in [1.807, 2.05) is 0 Å². The molecular weight excluding hydrogens is 951 g/mol. The summed E-state index contributed by atoms with van der Waals surface area (Å²) in [6.07, 6.45) is 22.6. The number of ether oxygens (including phenoxy) is 5. The van der Waals surface area contributed by atoms with Gasteiger partial charge in [0.25, 0.3) is 0 Å².